The summed E-state index contributed by atoms with van der Waals surface area (Å²) in [6.45, 7) is 0. The average molecular weight is 457 g/mol. The van der Waals surface area contributed by atoms with Crippen molar-refractivity contribution < 1.29 is 14.0 Å². The van der Waals surface area contributed by atoms with E-state index in [1.165, 1.54) is 12.1 Å². The molecule has 6 heteroatoms. The summed E-state index contributed by atoms with van der Waals surface area (Å²) in [6.07, 6.45) is 0.490. The molecule has 33 heavy (non-hydrogen) atoms. The van der Waals surface area contributed by atoms with Gasteiger partial charge in [0.15, 0.2) is 5.78 Å². The minimum absolute atomic E-state index is 0.00405. The van der Waals surface area contributed by atoms with Crippen molar-refractivity contribution in [3.05, 3.63) is 101 Å². The van der Waals surface area contributed by atoms with Crippen LogP contribution < -0.4 is 5.32 Å². The Labute approximate surface area is 195 Å². The number of nitrogens with zero attached hydrogens (tertiary/aromatic N) is 1. The molecule has 1 N–H and O–H groups in total. The third-order valence-corrected chi connectivity index (χ3v) is 9.21. The maximum atomic E-state index is 14.5. The van der Waals surface area contributed by atoms with E-state index < -0.39 is 11.0 Å². The zero-order valence-electron chi connectivity index (χ0n) is 17.8. The van der Waals surface area contributed by atoms with Gasteiger partial charge in [0.1, 0.15) is 11.4 Å². The fourth-order valence-electron chi connectivity index (χ4n) is 7.10. The van der Waals surface area contributed by atoms with Gasteiger partial charge in [0.25, 0.3) is 5.91 Å². The van der Waals surface area contributed by atoms with E-state index in [4.69, 9.17) is 0 Å². The molecule has 3 heterocycles. The van der Waals surface area contributed by atoms with E-state index in [-0.39, 0.29) is 29.5 Å². The number of anilines is 1. The molecule has 3 aromatic rings. The van der Waals surface area contributed by atoms with Crippen molar-refractivity contribution >= 4 is 29.1 Å². The van der Waals surface area contributed by atoms with Crippen molar-refractivity contribution in [3.8, 4) is 0 Å². The van der Waals surface area contributed by atoms with Gasteiger partial charge in [0.2, 0.25) is 0 Å². The van der Waals surface area contributed by atoms with E-state index in [0.29, 0.717) is 17.9 Å². The van der Waals surface area contributed by atoms with Gasteiger partial charge < -0.3 is 5.32 Å². The highest BCUT2D eigenvalue weighted by molar-refractivity contribution is 7.99. The van der Waals surface area contributed by atoms with Crippen molar-refractivity contribution in [2.24, 2.45) is 5.41 Å². The largest absolute Gasteiger partial charge is 0.324 e. The topological polar surface area (TPSA) is 49.4 Å². The third-order valence-electron chi connectivity index (χ3n) is 8.17. The van der Waals surface area contributed by atoms with E-state index >= 15 is 0 Å². The standard InChI is InChI=1S/C27H21FN2O2S/c28-18-11-9-16(10-12-18)23-22-14-33-15-30(22)27(20-7-3-4-8-21(20)29-25(27)32)26(23)13-17-5-1-2-6-19(17)24(26)31/h1-12,22-23H,13-15H2,(H,29,32)/t22-,23-,26-,27-/m0/s1. The van der Waals surface area contributed by atoms with Gasteiger partial charge in [-0.3, -0.25) is 14.5 Å². The van der Waals surface area contributed by atoms with Gasteiger partial charge in [0.05, 0.1) is 5.41 Å². The van der Waals surface area contributed by atoms with Gasteiger partial charge in [0, 0.05) is 40.4 Å². The highest BCUT2D eigenvalue weighted by atomic mass is 32.2. The molecule has 1 amide bonds. The van der Waals surface area contributed by atoms with Crippen LogP contribution in [0.4, 0.5) is 10.1 Å². The number of nitrogens with one attached hydrogen (secondary N) is 1. The van der Waals surface area contributed by atoms with Crippen molar-refractivity contribution in [2.45, 2.75) is 23.9 Å². The summed E-state index contributed by atoms with van der Waals surface area (Å²) >= 11 is 1.79. The average Bonchev–Trinajstić information content (AvgIpc) is 3.54. The number of rotatable bonds is 1. The lowest BCUT2D eigenvalue weighted by atomic mass is 9.58. The van der Waals surface area contributed by atoms with E-state index in [1.54, 1.807) is 23.9 Å². The molecule has 0 bridgehead atoms. The molecule has 1 aliphatic carbocycles. The van der Waals surface area contributed by atoms with E-state index in [9.17, 15) is 14.0 Å². The molecule has 4 aliphatic rings. The summed E-state index contributed by atoms with van der Waals surface area (Å²) in [5.41, 5.74) is 2.16. The van der Waals surface area contributed by atoms with E-state index in [2.05, 4.69) is 10.2 Å². The molecule has 0 unspecified atom stereocenters. The van der Waals surface area contributed by atoms with Crippen LogP contribution in [0, 0.1) is 11.2 Å². The molecule has 4 atom stereocenters. The van der Waals surface area contributed by atoms with Crippen LogP contribution in [-0.4, -0.2) is 34.3 Å². The lowest BCUT2D eigenvalue weighted by Gasteiger charge is -2.44. The number of carbonyl (C=O) groups excluding carboxylic acids is 2. The summed E-state index contributed by atoms with van der Waals surface area (Å²) in [4.78, 5) is 30.9. The molecule has 7 rings (SSSR count). The zero-order valence-corrected chi connectivity index (χ0v) is 18.6. The Balaban J connectivity index is 1.58. The Morgan fingerprint density at radius 3 is 2.55 bits per heavy atom. The number of thioether (sulfide) groups is 1. The van der Waals surface area contributed by atoms with Gasteiger partial charge in [-0.1, -0.05) is 54.6 Å². The first-order chi connectivity index (χ1) is 16.1. The number of Topliss-reactive ketones (excluding diaryl/α,β-unsaturated/α-hetero) is 1. The number of benzene rings is 3. The van der Waals surface area contributed by atoms with Crippen LogP contribution in [0.5, 0.6) is 0 Å². The van der Waals surface area contributed by atoms with Crippen LogP contribution in [0.25, 0.3) is 0 Å². The molecular weight excluding hydrogens is 435 g/mol. The molecule has 2 saturated heterocycles. The highest BCUT2D eigenvalue weighted by Gasteiger charge is 2.78. The van der Waals surface area contributed by atoms with Gasteiger partial charge in [-0.15, -0.1) is 11.8 Å². The number of carbonyl (C=O) groups is 2. The Bertz CT molecular complexity index is 1340. The normalized spacial score (nSPS) is 31.8. The summed E-state index contributed by atoms with van der Waals surface area (Å²) in [6, 6.07) is 22.1. The highest BCUT2D eigenvalue weighted by Crippen LogP contribution is 2.70. The maximum Gasteiger partial charge on any atom is 0.250 e. The van der Waals surface area contributed by atoms with Crippen LogP contribution >= 0.6 is 11.8 Å². The van der Waals surface area contributed by atoms with Crippen molar-refractivity contribution in [2.75, 3.05) is 16.9 Å². The SMILES string of the molecule is O=C1Nc2ccccc2[C@]12N1CSC[C@H]1[C@H](c1ccc(F)cc1)[C@]21Cc2ccccc2C1=O. The summed E-state index contributed by atoms with van der Waals surface area (Å²) < 4.78 is 13.9. The second kappa shape index (κ2) is 6.55. The van der Waals surface area contributed by atoms with Crippen LogP contribution in [-0.2, 0) is 16.8 Å². The zero-order chi connectivity index (χ0) is 22.4. The van der Waals surface area contributed by atoms with Crippen LogP contribution in [0.3, 0.4) is 0 Å². The summed E-state index contributed by atoms with van der Waals surface area (Å²) in [7, 11) is 0. The second-order valence-electron chi connectivity index (χ2n) is 9.41. The van der Waals surface area contributed by atoms with E-state index in [1.807, 2.05) is 48.5 Å². The monoisotopic (exact) mass is 456 g/mol. The van der Waals surface area contributed by atoms with Crippen molar-refractivity contribution in [1.82, 2.24) is 4.90 Å². The fourth-order valence-corrected chi connectivity index (χ4v) is 8.40. The Morgan fingerprint density at radius 2 is 1.73 bits per heavy atom. The first kappa shape index (κ1) is 19.5. The molecule has 3 aliphatic heterocycles. The lowest BCUT2D eigenvalue weighted by Crippen LogP contribution is -2.58. The quantitative estimate of drug-likeness (QED) is 0.583. The van der Waals surface area contributed by atoms with Gasteiger partial charge >= 0.3 is 0 Å². The maximum absolute atomic E-state index is 14.5. The molecule has 0 saturated carbocycles. The van der Waals surface area contributed by atoms with Gasteiger partial charge in [-0.25, -0.2) is 4.39 Å². The third kappa shape index (κ3) is 2.16. The predicted molar refractivity (Wildman–Crippen MR) is 126 cm³/mol. The fraction of sp³-hybridized carbons (Fsp3) is 0.259. The Hall–Kier alpha value is -2.96. The smallest absolute Gasteiger partial charge is 0.250 e. The minimum Gasteiger partial charge on any atom is -0.324 e. The molecule has 2 spiro atoms. The molecule has 4 nitrogen and oxygen atoms in total. The predicted octanol–water partition coefficient (Wildman–Crippen LogP) is 4.57. The lowest BCUT2D eigenvalue weighted by molar-refractivity contribution is -0.130. The van der Waals surface area contributed by atoms with Crippen LogP contribution in [0.1, 0.15) is 33.0 Å². The van der Waals surface area contributed by atoms with Crippen molar-refractivity contribution in [3.63, 3.8) is 0 Å². The number of halogens is 1. The Morgan fingerprint density at radius 1 is 0.970 bits per heavy atom. The number of hydrogen-bond donors (Lipinski definition) is 1. The summed E-state index contributed by atoms with van der Waals surface area (Å²) in [5.74, 6) is 0.869. The van der Waals surface area contributed by atoms with E-state index in [0.717, 1.165) is 28.1 Å². The molecule has 2 fully saturated rings. The second-order valence-corrected chi connectivity index (χ2v) is 10.4. The number of para-hydroxylation sites is 1. The number of amides is 1. The molecule has 3 aromatic carbocycles. The van der Waals surface area contributed by atoms with Gasteiger partial charge in [-0.05, 0) is 35.7 Å². The van der Waals surface area contributed by atoms with Crippen LogP contribution in [0.2, 0.25) is 0 Å². The first-order valence-corrected chi connectivity index (χ1v) is 12.4. The minimum atomic E-state index is -1.10. The van der Waals surface area contributed by atoms with Crippen molar-refractivity contribution in [1.29, 1.82) is 0 Å². The number of ketones is 1. The number of hydrogen-bond acceptors (Lipinski definition) is 4. The molecule has 164 valence electrons. The number of fused-ring (bicyclic) bond motifs is 6. The van der Waals surface area contributed by atoms with Crippen LogP contribution in [0.15, 0.2) is 72.8 Å². The summed E-state index contributed by atoms with van der Waals surface area (Å²) in [5, 5.41) is 3.12. The molecule has 0 aromatic heterocycles. The molecule has 0 radical (unpaired) electrons. The molecular formula is C27H21FN2O2S. The first-order valence-electron chi connectivity index (χ1n) is 11.2. The van der Waals surface area contributed by atoms with Gasteiger partial charge in [-0.2, -0.15) is 0 Å². The Kier molecular flexibility index (Phi) is 3.87.